The van der Waals surface area contributed by atoms with Crippen LogP contribution < -0.4 is 4.90 Å². The molecule has 2 aliphatic heterocycles. The number of aliphatic carboxylic acids is 1. The van der Waals surface area contributed by atoms with E-state index in [4.69, 9.17) is 5.11 Å². The first-order valence-electron chi connectivity index (χ1n) is 8.40. The van der Waals surface area contributed by atoms with E-state index in [0.29, 0.717) is 19.5 Å². The Morgan fingerprint density at radius 3 is 2.46 bits per heavy atom. The molecule has 1 aromatic carbocycles. The Morgan fingerprint density at radius 1 is 1.17 bits per heavy atom. The number of carbonyl (C=O) groups is 3. The lowest BCUT2D eigenvalue weighted by Gasteiger charge is -2.21. The third kappa shape index (κ3) is 3.13. The van der Waals surface area contributed by atoms with Crippen molar-refractivity contribution in [3.8, 4) is 0 Å². The number of likely N-dealkylation sites (tertiary alicyclic amines) is 1. The van der Waals surface area contributed by atoms with E-state index in [2.05, 4.69) is 6.92 Å². The van der Waals surface area contributed by atoms with E-state index in [1.54, 1.807) is 9.80 Å². The molecule has 2 fully saturated rings. The maximum atomic E-state index is 12.6. The number of benzene rings is 1. The van der Waals surface area contributed by atoms with Gasteiger partial charge < -0.3 is 14.9 Å². The fourth-order valence-electron chi connectivity index (χ4n) is 3.45. The molecule has 0 saturated carbocycles. The summed E-state index contributed by atoms with van der Waals surface area (Å²) in [6, 6.07) is 7.82. The third-order valence-electron chi connectivity index (χ3n) is 4.98. The van der Waals surface area contributed by atoms with Crippen molar-refractivity contribution >= 4 is 23.5 Å². The molecule has 2 amide bonds. The number of carbonyl (C=O) groups excluding carboxylic acids is 2. The maximum Gasteiger partial charge on any atom is 0.308 e. The number of nitrogens with zero attached hydrogens (tertiary/aromatic N) is 2. The highest BCUT2D eigenvalue weighted by atomic mass is 16.4. The van der Waals surface area contributed by atoms with Gasteiger partial charge in [0.25, 0.3) is 0 Å². The number of hydrogen-bond acceptors (Lipinski definition) is 3. The Morgan fingerprint density at radius 2 is 1.88 bits per heavy atom. The molecular weight excluding hydrogens is 308 g/mol. The fraction of sp³-hybridized carbons (Fsp3) is 0.500. The smallest absolute Gasteiger partial charge is 0.308 e. The SMILES string of the molecule is CCc1ccc(N2CC(C(=O)N3CCC(C(=O)O)C3)CC2=O)cc1. The van der Waals surface area contributed by atoms with Gasteiger partial charge in [-0.1, -0.05) is 19.1 Å². The highest BCUT2D eigenvalue weighted by molar-refractivity contribution is 6.00. The van der Waals surface area contributed by atoms with Gasteiger partial charge >= 0.3 is 5.97 Å². The van der Waals surface area contributed by atoms with Crippen molar-refractivity contribution in [2.45, 2.75) is 26.2 Å². The standard InChI is InChI=1S/C18H22N2O4/c1-2-12-3-5-15(6-4-12)20-11-14(9-16(20)21)17(22)19-8-7-13(10-19)18(23)24/h3-6,13-14H,2,7-11H2,1H3,(H,23,24). The normalized spacial score (nSPS) is 23.8. The summed E-state index contributed by atoms with van der Waals surface area (Å²) in [7, 11) is 0. The second-order valence-electron chi connectivity index (χ2n) is 6.53. The van der Waals surface area contributed by atoms with Crippen LogP contribution in [0.2, 0.25) is 0 Å². The molecule has 128 valence electrons. The lowest BCUT2D eigenvalue weighted by Crippen LogP contribution is -2.36. The monoisotopic (exact) mass is 330 g/mol. The summed E-state index contributed by atoms with van der Waals surface area (Å²) in [5, 5.41) is 9.05. The molecule has 2 heterocycles. The van der Waals surface area contributed by atoms with Crippen molar-refractivity contribution in [2.24, 2.45) is 11.8 Å². The van der Waals surface area contributed by atoms with Crippen LogP contribution in [0.15, 0.2) is 24.3 Å². The minimum absolute atomic E-state index is 0.0495. The van der Waals surface area contributed by atoms with Gasteiger partial charge in [-0.3, -0.25) is 14.4 Å². The number of hydrogen-bond donors (Lipinski definition) is 1. The van der Waals surface area contributed by atoms with Crippen LogP contribution in [-0.2, 0) is 20.8 Å². The Hall–Kier alpha value is -2.37. The van der Waals surface area contributed by atoms with Crippen molar-refractivity contribution in [2.75, 3.05) is 24.5 Å². The van der Waals surface area contributed by atoms with Crippen molar-refractivity contribution in [1.82, 2.24) is 4.90 Å². The van der Waals surface area contributed by atoms with E-state index in [-0.39, 0.29) is 30.7 Å². The molecule has 2 atom stereocenters. The molecule has 2 unspecified atom stereocenters. The summed E-state index contributed by atoms with van der Waals surface area (Å²) in [5.41, 5.74) is 2.02. The highest BCUT2D eigenvalue weighted by Gasteiger charge is 2.40. The molecule has 6 nitrogen and oxygen atoms in total. The Balaban J connectivity index is 1.65. The van der Waals surface area contributed by atoms with Gasteiger partial charge in [0.2, 0.25) is 11.8 Å². The van der Waals surface area contributed by atoms with E-state index >= 15 is 0 Å². The lowest BCUT2D eigenvalue weighted by atomic mass is 10.1. The Kier molecular flexibility index (Phi) is 4.55. The molecule has 0 bridgehead atoms. The number of aryl methyl sites for hydroxylation is 1. The molecule has 0 radical (unpaired) electrons. The lowest BCUT2D eigenvalue weighted by molar-refractivity contribution is -0.141. The van der Waals surface area contributed by atoms with Crippen LogP contribution in [0.3, 0.4) is 0 Å². The van der Waals surface area contributed by atoms with E-state index < -0.39 is 11.9 Å². The summed E-state index contributed by atoms with van der Waals surface area (Å²) in [5.74, 6) is -1.86. The van der Waals surface area contributed by atoms with Crippen molar-refractivity contribution < 1.29 is 19.5 Å². The molecule has 24 heavy (non-hydrogen) atoms. The average Bonchev–Trinajstić information content (AvgIpc) is 3.21. The van der Waals surface area contributed by atoms with Crippen molar-refractivity contribution in [3.05, 3.63) is 29.8 Å². The van der Waals surface area contributed by atoms with Crippen molar-refractivity contribution in [1.29, 1.82) is 0 Å². The summed E-state index contributed by atoms with van der Waals surface area (Å²) in [4.78, 5) is 39.2. The molecule has 0 aliphatic carbocycles. The number of carboxylic acids is 1. The second kappa shape index (κ2) is 6.63. The van der Waals surface area contributed by atoms with E-state index in [9.17, 15) is 14.4 Å². The zero-order valence-corrected chi connectivity index (χ0v) is 13.8. The van der Waals surface area contributed by atoms with Gasteiger partial charge in [0.15, 0.2) is 0 Å². The summed E-state index contributed by atoms with van der Waals surface area (Å²) < 4.78 is 0. The summed E-state index contributed by atoms with van der Waals surface area (Å²) in [6.07, 6.45) is 1.63. The first-order valence-corrected chi connectivity index (χ1v) is 8.40. The number of carboxylic acid groups (broad SMARTS) is 1. The van der Waals surface area contributed by atoms with Crippen LogP contribution in [0.1, 0.15) is 25.3 Å². The topological polar surface area (TPSA) is 77.9 Å². The minimum Gasteiger partial charge on any atom is -0.481 e. The van der Waals surface area contributed by atoms with Gasteiger partial charge in [0, 0.05) is 31.7 Å². The third-order valence-corrected chi connectivity index (χ3v) is 4.98. The first kappa shape index (κ1) is 16.5. The van der Waals surface area contributed by atoms with Crippen LogP contribution in [0, 0.1) is 11.8 Å². The predicted octanol–water partition coefficient (Wildman–Crippen LogP) is 1.53. The van der Waals surface area contributed by atoms with Crippen molar-refractivity contribution in [3.63, 3.8) is 0 Å². The van der Waals surface area contributed by atoms with Crippen LogP contribution in [0.5, 0.6) is 0 Å². The number of rotatable bonds is 4. The van der Waals surface area contributed by atoms with Crippen LogP contribution in [0.25, 0.3) is 0 Å². The van der Waals surface area contributed by atoms with Gasteiger partial charge in [0.1, 0.15) is 0 Å². The molecule has 2 aliphatic rings. The number of anilines is 1. The van der Waals surface area contributed by atoms with Gasteiger partial charge in [-0.2, -0.15) is 0 Å². The van der Waals surface area contributed by atoms with E-state index in [0.717, 1.165) is 12.1 Å². The summed E-state index contributed by atoms with van der Waals surface area (Å²) in [6.45, 7) is 3.16. The first-order chi connectivity index (χ1) is 11.5. The predicted molar refractivity (Wildman–Crippen MR) is 88.6 cm³/mol. The average molecular weight is 330 g/mol. The molecule has 2 saturated heterocycles. The molecule has 6 heteroatoms. The molecule has 0 aromatic heterocycles. The number of amides is 2. The molecule has 0 spiro atoms. The minimum atomic E-state index is -0.856. The quantitative estimate of drug-likeness (QED) is 0.908. The fourth-order valence-corrected chi connectivity index (χ4v) is 3.45. The van der Waals surface area contributed by atoms with Crippen LogP contribution in [-0.4, -0.2) is 47.4 Å². The molecule has 1 N–H and O–H groups in total. The largest absolute Gasteiger partial charge is 0.481 e. The molecule has 3 rings (SSSR count). The van der Waals surface area contributed by atoms with Crippen LogP contribution >= 0.6 is 0 Å². The van der Waals surface area contributed by atoms with E-state index in [1.807, 2.05) is 24.3 Å². The zero-order chi connectivity index (χ0) is 17.3. The van der Waals surface area contributed by atoms with Crippen LogP contribution in [0.4, 0.5) is 5.69 Å². The summed E-state index contributed by atoms with van der Waals surface area (Å²) >= 11 is 0. The van der Waals surface area contributed by atoms with Gasteiger partial charge in [0.05, 0.1) is 11.8 Å². The molecular formula is C18H22N2O4. The van der Waals surface area contributed by atoms with E-state index in [1.165, 1.54) is 5.56 Å². The molecule has 1 aromatic rings. The maximum absolute atomic E-state index is 12.6. The highest BCUT2D eigenvalue weighted by Crippen LogP contribution is 2.28. The van der Waals surface area contributed by atoms with Gasteiger partial charge in [-0.15, -0.1) is 0 Å². The van der Waals surface area contributed by atoms with Gasteiger partial charge in [-0.25, -0.2) is 0 Å². The zero-order valence-electron chi connectivity index (χ0n) is 13.8. The van der Waals surface area contributed by atoms with Gasteiger partial charge in [-0.05, 0) is 30.5 Å². The second-order valence-corrected chi connectivity index (χ2v) is 6.53. The Bertz CT molecular complexity index is 655. The Labute approximate surface area is 141 Å².